The summed E-state index contributed by atoms with van der Waals surface area (Å²) in [7, 11) is 1.80. The number of hydrogen-bond donors (Lipinski definition) is 2. The summed E-state index contributed by atoms with van der Waals surface area (Å²) in [6, 6.07) is 0. The van der Waals surface area contributed by atoms with Crippen LogP contribution in [0.25, 0.3) is 0 Å². The van der Waals surface area contributed by atoms with Crippen molar-refractivity contribution in [2.24, 2.45) is 11.1 Å². The van der Waals surface area contributed by atoms with Crippen LogP contribution in [0.3, 0.4) is 0 Å². The molecule has 0 aromatic heterocycles. The summed E-state index contributed by atoms with van der Waals surface area (Å²) in [4.78, 5) is 14.6. The Morgan fingerprint density at radius 1 is 1.14 bits per heavy atom. The van der Waals surface area contributed by atoms with E-state index in [1.54, 1.807) is 11.9 Å². The number of aliphatic hydroxyl groups is 1. The third-order valence-corrected chi connectivity index (χ3v) is 5.21. The van der Waals surface area contributed by atoms with Crippen LogP contribution in [-0.4, -0.2) is 54.9 Å². The molecule has 0 radical (unpaired) electrons. The standard InChI is InChI=1S/C16H30N2O3/c1-18(13-16(20)8-10-21-11-9-16)14(19)15(12-17)6-4-2-3-5-7-15/h20H,2-13,17H2,1H3. The molecule has 0 bridgehead atoms. The van der Waals surface area contributed by atoms with Crippen LogP contribution < -0.4 is 5.73 Å². The van der Waals surface area contributed by atoms with E-state index >= 15 is 0 Å². The Balaban J connectivity index is 2.02. The molecule has 2 rings (SSSR count). The monoisotopic (exact) mass is 298 g/mol. The first kappa shape index (κ1) is 16.7. The van der Waals surface area contributed by atoms with Gasteiger partial charge in [0.15, 0.2) is 0 Å². The summed E-state index contributed by atoms with van der Waals surface area (Å²) in [6.07, 6.45) is 7.51. The van der Waals surface area contributed by atoms with Gasteiger partial charge in [0.25, 0.3) is 0 Å². The zero-order valence-corrected chi connectivity index (χ0v) is 13.3. The van der Waals surface area contributed by atoms with E-state index < -0.39 is 11.0 Å². The molecule has 5 heteroatoms. The van der Waals surface area contributed by atoms with Gasteiger partial charge in [0.2, 0.25) is 5.91 Å². The smallest absolute Gasteiger partial charge is 0.229 e. The Hall–Kier alpha value is -0.650. The van der Waals surface area contributed by atoms with E-state index in [0.29, 0.717) is 39.1 Å². The second-order valence-electron chi connectivity index (χ2n) is 6.90. The molecule has 1 heterocycles. The van der Waals surface area contributed by atoms with E-state index in [4.69, 9.17) is 10.5 Å². The molecule has 2 fully saturated rings. The first-order valence-electron chi connectivity index (χ1n) is 8.27. The van der Waals surface area contributed by atoms with Crippen molar-refractivity contribution >= 4 is 5.91 Å². The molecule has 0 aromatic carbocycles. The molecular formula is C16H30N2O3. The highest BCUT2D eigenvalue weighted by Crippen LogP contribution is 2.36. The lowest BCUT2D eigenvalue weighted by molar-refractivity contribution is -0.147. The number of nitrogens with zero attached hydrogens (tertiary/aromatic N) is 1. The summed E-state index contributed by atoms with van der Waals surface area (Å²) < 4.78 is 5.30. The summed E-state index contributed by atoms with van der Waals surface area (Å²) in [5.41, 5.74) is 4.77. The van der Waals surface area contributed by atoms with E-state index in [1.165, 1.54) is 12.8 Å². The van der Waals surface area contributed by atoms with Gasteiger partial charge in [-0.25, -0.2) is 0 Å². The van der Waals surface area contributed by atoms with Crippen molar-refractivity contribution in [1.82, 2.24) is 4.90 Å². The van der Waals surface area contributed by atoms with Crippen LogP contribution in [0.2, 0.25) is 0 Å². The number of ether oxygens (including phenoxy) is 1. The Morgan fingerprint density at radius 3 is 2.24 bits per heavy atom. The van der Waals surface area contributed by atoms with Crippen LogP contribution in [0.1, 0.15) is 51.4 Å². The van der Waals surface area contributed by atoms with Crippen molar-refractivity contribution < 1.29 is 14.6 Å². The van der Waals surface area contributed by atoms with Gasteiger partial charge >= 0.3 is 0 Å². The zero-order chi connectivity index (χ0) is 15.3. The number of carbonyl (C=O) groups is 1. The number of hydrogen-bond acceptors (Lipinski definition) is 4. The average molecular weight is 298 g/mol. The quantitative estimate of drug-likeness (QED) is 0.767. The first-order chi connectivity index (χ1) is 10.0. The summed E-state index contributed by atoms with van der Waals surface area (Å²) in [6.45, 7) is 1.94. The number of carbonyl (C=O) groups excluding carboxylic acids is 1. The maximum atomic E-state index is 12.9. The molecule has 21 heavy (non-hydrogen) atoms. The summed E-state index contributed by atoms with van der Waals surface area (Å²) in [5, 5.41) is 10.6. The van der Waals surface area contributed by atoms with Gasteiger partial charge in [-0.05, 0) is 12.8 Å². The highest BCUT2D eigenvalue weighted by Gasteiger charge is 2.41. The molecule has 0 aromatic rings. The topological polar surface area (TPSA) is 75.8 Å². The second kappa shape index (κ2) is 7.07. The Kier molecular flexibility index (Phi) is 5.63. The lowest BCUT2D eigenvalue weighted by Crippen LogP contribution is -2.52. The molecule has 0 unspecified atom stereocenters. The molecule has 122 valence electrons. The van der Waals surface area contributed by atoms with Gasteiger partial charge in [0, 0.05) is 46.2 Å². The van der Waals surface area contributed by atoms with Crippen molar-refractivity contribution in [1.29, 1.82) is 0 Å². The maximum absolute atomic E-state index is 12.9. The fraction of sp³-hybridized carbons (Fsp3) is 0.938. The van der Waals surface area contributed by atoms with Gasteiger partial charge in [0.05, 0.1) is 11.0 Å². The molecule has 5 nitrogen and oxygen atoms in total. The predicted molar refractivity (Wildman–Crippen MR) is 81.8 cm³/mol. The second-order valence-corrected chi connectivity index (χ2v) is 6.90. The minimum atomic E-state index is -0.802. The minimum Gasteiger partial charge on any atom is -0.388 e. The van der Waals surface area contributed by atoms with Crippen molar-refractivity contribution in [2.75, 3.05) is 33.4 Å². The van der Waals surface area contributed by atoms with Gasteiger partial charge < -0.3 is 20.5 Å². The van der Waals surface area contributed by atoms with E-state index in [1.807, 2.05) is 0 Å². The van der Waals surface area contributed by atoms with Crippen LogP contribution in [0, 0.1) is 5.41 Å². The van der Waals surface area contributed by atoms with Crippen molar-refractivity contribution in [2.45, 2.75) is 57.0 Å². The SMILES string of the molecule is CN(CC1(O)CCOCC1)C(=O)C1(CN)CCCCCC1. The van der Waals surface area contributed by atoms with E-state index in [-0.39, 0.29) is 5.91 Å². The fourth-order valence-corrected chi connectivity index (χ4v) is 3.74. The highest BCUT2D eigenvalue weighted by atomic mass is 16.5. The van der Waals surface area contributed by atoms with Crippen molar-refractivity contribution in [3.63, 3.8) is 0 Å². The maximum Gasteiger partial charge on any atom is 0.229 e. The van der Waals surface area contributed by atoms with Gasteiger partial charge in [-0.3, -0.25) is 4.79 Å². The van der Waals surface area contributed by atoms with E-state index in [0.717, 1.165) is 25.7 Å². The zero-order valence-electron chi connectivity index (χ0n) is 13.3. The first-order valence-corrected chi connectivity index (χ1v) is 8.27. The third kappa shape index (κ3) is 3.96. The molecule has 3 N–H and O–H groups in total. The van der Waals surface area contributed by atoms with Crippen LogP contribution >= 0.6 is 0 Å². The lowest BCUT2D eigenvalue weighted by atomic mass is 9.78. The molecule has 1 aliphatic heterocycles. The summed E-state index contributed by atoms with van der Waals surface area (Å²) >= 11 is 0. The molecule has 1 saturated heterocycles. The van der Waals surface area contributed by atoms with Crippen LogP contribution in [0.15, 0.2) is 0 Å². The Labute approximate surface area is 127 Å². The summed E-state index contributed by atoms with van der Waals surface area (Å²) in [5.74, 6) is 0.117. The minimum absolute atomic E-state index is 0.117. The van der Waals surface area contributed by atoms with E-state index in [2.05, 4.69) is 0 Å². The molecule has 1 amide bonds. The normalized spacial score (nSPS) is 25.1. The lowest BCUT2D eigenvalue weighted by Gasteiger charge is -2.39. The van der Waals surface area contributed by atoms with Crippen LogP contribution in [0.4, 0.5) is 0 Å². The highest BCUT2D eigenvalue weighted by molar-refractivity contribution is 5.83. The van der Waals surface area contributed by atoms with E-state index in [9.17, 15) is 9.90 Å². The number of rotatable bonds is 4. The third-order valence-electron chi connectivity index (χ3n) is 5.21. The van der Waals surface area contributed by atoms with Crippen LogP contribution in [-0.2, 0) is 9.53 Å². The molecular weight excluding hydrogens is 268 g/mol. The molecule has 2 aliphatic rings. The fourth-order valence-electron chi connectivity index (χ4n) is 3.74. The molecule has 1 saturated carbocycles. The molecule has 0 spiro atoms. The predicted octanol–water partition coefficient (Wildman–Crippen LogP) is 1.29. The van der Waals surface area contributed by atoms with Gasteiger partial charge in [-0.15, -0.1) is 0 Å². The Morgan fingerprint density at radius 2 is 1.71 bits per heavy atom. The Bertz CT molecular complexity index is 345. The number of amides is 1. The van der Waals surface area contributed by atoms with Crippen molar-refractivity contribution in [3.05, 3.63) is 0 Å². The number of likely N-dealkylation sites (N-methyl/N-ethyl adjacent to an activating group) is 1. The molecule has 0 atom stereocenters. The number of nitrogens with two attached hydrogens (primary N) is 1. The largest absolute Gasteiger partial charge is 0.388 e. The van der Waals surface area contributed by atoms with Crippen molar-refractivity contribution in [3.8, 4) is 0 Å². The average Bonchev–Trinajstić information content (AvgIpc) is 2.73. The molecule has 1 aliphatic carbocycles. The van der Waals surface area contributed by atoms with Crippen LogP contribution in [0.5, 0.6) is 0 Å². The van der Waals surface area contributed by atoms with Gasteiger partial charge in [-0.2, -0.15) is 0 Å². The van der Waals surface area contributed by atoms with Gasteiger partial charge in [0.1, 0.15) is 0 Å². The van der Waals surface area contributed by atoms with Gasteiger partial charge in [-0.1, -0.05) is 25.7 Å².